The van der Waals surface area contributed by atoms with E-state index < -0.39 is 0 Å². The fourth-order valence-electron chi connectivity index (χ4n) is 4.75. The number of hydrogen-bond donors (Lipinski definition) is 1. The summed E-state index contributed by atoms with van der Waals surface area (Å²) in [6.07, 6.45) is 12.1. The molecular formula is C29H31ClN4OS. The predicted molar refractivity (Wildman–Crippen MR) is 148 cm³/mol. The van der Waals surface area contributed by atoms with Crippen molar-refractivity contribution in [3.05, 3.63) is 88.7 Å². The minimum absolute atomic E-state index is 0.0311. The second-order valence-electron chi connectivity index (χ2n) is 9.47. The lowest BCUT2D eigenvalue weighted by molar-refractivity contribution is 0.0930. The van der Waals surface area contributed by atoms with E-state index in [9.17, 15) is 4.79 Å². The van der Waals surface area contributed by atoms with Crippen molar-refractivity contribution in [2.75, 3.05) is 0 Å². The number of nitrogens with zero attached hydrogens (tertiary/aromatic N) is 3. The Morgan fingerprint density at radius 3 is 2.39 bits per heavy atom. The second kappa shape index (κ2) is 11.9. The van der Waals surface area contributed by atoms with Crippen molar-refractivity contribution < 1.29 is 4.79 Å². The molecule has 0 bridgehead atoms. The number of nitrogens with one attached hydrogen (secondary N) is 1. The van der Waals surface area contributed by atoms with Crippen molar-refractivity contribution in [2.24, 2.45) is 0 Å². The van der Waals surface area contributed by atoms with E-state index in [1.165, 1.54) is 37.7 Å². The summed E-state index contributed by atoms with van der Waals surface area (Å²) in [6, 6.07) is 18.1. The standard InChI is InChI=1S/C29H31ClN4OS/c30-24-14-10-22(11-15-24)20-36-29-33-26-16-17-31-18-27(26)34(29)19-21-8-12-23(13-9-21)28(35)32-25-6-4-2-1-3-5-7-25/h8-18,25H,1-7,19-20H2,(H,32,35). The Labute approximate surface area is 221 Å². The van der Waals surface area contributed by atoms with Crippen LogP contribution < -0.4 is 5.32 Å². The number of amides is 1. The first-order valence-electron chi connectivity index (χ1n) is 12.7. The smallest absolute Gasteiger partial charge is 0.251 e. The zero-order valence-corrected chi connectivity index (χ0v) is 21.9. The van der Waals surface area contributed by atoms with E-state index in [2.05, 4.69) is 14.9 Å². The number of imidazole rings is 1. The van der Waals surface area contributed by atoms with Gasteiger partial charge < -0.3 is 9.88 Å². The number of thioether (sulfide) groups is 1. The summed E-state index contributed by atoms with van der Waals surface area (Å²) in [4.78, 5) is 22.0. The van der Waals surface area contributed by atoms with Crippen LogP contribution in [-0.4, -0.2) is 26.5 Å². The van der Waals surface area contributed by atoms with E-state index in [1.807, 2.05) is 60.8 Å². The molecule has 1 aliphatic rings. The third-order valence-electron chi connectivity index (χ3n) is 6.79. The van der Waals surface area contributed by atoms with Crippen LogP contribution in [0.25, 0.3) is 11.0 Å². The molecule has 7 heteroatoms. The molecule has 2 heterocycles. The van der Waals surface area contributed by atoms with Gasteiger partial charge in [0.05, 0.1) is 23.8 Å². The normalized spacial score (nSPS) is 14.9. The monoisotopic (exact) mass is 518 g/mol. The van der Waals surface area contributed by atoms with Crippen molar-refractivity contribution >= 4 is 40.3 Å². The molecule has 0 saturated heterocycles. The minimum Gasteiger partial charge on any atom is -0.349 e. The van der Waals surface area contributed by atoms with E-state index in [-0.39, 0.29) is 5.91 Å². The molecule has 4 aromatic rings. The van der Waals surface area contributed by atoms with Crippen molar-refractivity contribution in [1.29, 1.82) is 0 Å². The lowest BCUT2D eigenvalue weighted by atomic mass is 9.96. The Bertz CT molecular complexity index is 1300. The molecule has 0 spiro atoms. The highest BCUT2D eigenvalue weighted by Gasteiger charge is 2.16. The van der Waals surface area contributed by atoms with Crippen molar-refractivity contribution in [1.82, 2.24) is 19.9 Å². The molecule has 1 saturated carbocycles. The molecule has 0 unspecified atom stereocenters. The second-order valence-corrected chi connectivity index (χ2v) is 10.9. The van der Waals surface area contributed by atoms with E-state index >= 15 is 0 Å². The van der Waals surface area contributed by atoms with Gasteiger partial charge in [0.15, 0.2) is 5.16 Å². The Balaban J connectivity index is 1.29. The van der Waals surface area contributed by atoms with Gasteiger partial charge in [-0.05, 0) is 54.3 Å². The summed E-state index contributed by atoms with van der Waals surface area (Å²) < 4.78 is 2.20. The maximum Gasteiger partial charge on any atom is 0.251 e. The molecule has 5 rings (SSSR count). The average molecular weight is 519 g/mol. The van der Waals surface area contributed by atoms with Gasteiger partial charge in [0.25, 0.3) is 5.91 Å². The van der Waals surface area contributed by atoms with Gasteiger partial charge in [-0.2, -0.15) is 0 Å². The lowest BCUT2D eigenvalue weighted by Crippen LogP contribution is -2.35. The summed E-state index contributed by atoms with van der Waals surface area (Å²) in [7, 11) is 0. The average Bonchev–Trinajstić information content (AvgIpc) is 3.23. The molecule has 36 heavy (non-hydrogen) atoms. The highest BCUT2D eigenvalue weighted by atomic mass is 35.5. The van der Waals surface area contributed by atoms with E-state index in [0.29, 0.717) is 12.6 Å². The number of carbonyl (C=O) groups excluding carboxylic acids is 1. The van der Waals surface area contributed by atoms with Gasteiger partial charge >= 0.3 is 0 Å². The summed E-state index contributed by atoms with van der Waals surface area (Å²) in [5, 5.41) is 4.95. The van der Waals surface area contributed by atoms with E-state index in [0.717, 1.165) is 50.9 Å². The molecule has 2 aromatic carbocycles. The summed E-state index contributed by atoms with van der Waals surface area (Å²) in [5.74, 6) is 0.831. The van der Waals surface area contributed by atoms with Crippen LogP contribution in [0.3, 0.4) is 0 Å². The Kier molecular flexibility index (Phi) is 8.24. The molecule has 1 N–H and O–H groups in total. The first-order valence-corrected chi connectivity index (χ1v) is 14.1. The van der Waals surface area contributed by atoms with Crippen LogP contribution in [0.4, 0.5) is 0 Å². The SMILES string of the molecule is O=C(NC1CCCCCCC1)c1ccc(Cn2c(SCc3ccc(Cl)cc3)nc3ccncc32)cc1. The van der Waals surface area contributed by atoms with Crippen molar-refractivity contribution in [2.45, 2.75) is 68.4 Å². The number of halogens is 1. The fourth-order valence-corrected chi connectivity index (χ4v) is 5.85. The number of aromatic nitrogens is 3. The molecule has 0 aliphatic heterocycles. The summed E-state index contributed by atoms with van der Waals surface area (Å²) >= 11 is 7.73. The van der Waals surface area contributed by atoms with Gasteiger partial charge in [-0.1, -0.05) is 79.7 Å². The van der Waals surface area contributed by atoms with Gasteiger partial charge in [-0.25, -0.2) is 4.98 Å². The number of carbonyl (C=O) groups is 1. The molecule has 1 fully saturated rings. The number of pyridine rings is 1. The predicted octanol–water partition coefficient (Wildman–Crippen LogP) is 7.27. The maximum atomic E-state index is 12.9. The fraction of sp³-hybridized carbons (Fsp3) is 0.345. The van der Waals surface area contributed by atoms with Gasteiger partial charge in [0, 0.05) is 28.6 Å². The minimum atomic E-state index is 0.0311. The maximum absolute atomic E-state index is 12.9. The van der Waals surface area contributed by atoms with Crippen LogP contribution >= 0.6 is 23.4 Å². The van der Waals surface area contributed by atoms with Crippen LogP contribution in [0.15, 0.2) is 72.1 Å². The van der Waals surface area contributed by atoms with E-state index in [4.69, 9.17) is 16.6 Å². The molecule has 1 amide bonds. The highest BCUT2D eigenvalue weighted by Crippen LogP contribution is 2.28. The molecule has 2 aromatic heterocycles. The summed E-state index contributed by atoms with van der Waals surface area (Å²) in [5.41, 5.74) is 4.96. The van der Waals surface area contributed by atoms with Gasteiger partial charge in [-0.3, -0.25) is 9.78 Å². The Morgan fingerprint density at radius 2 is 1.64 bits per heavy atom. The van der Waals surface area contributed by atoms with Crippen LogP contribution in [0.2, 0.25) is 5.02 Å². The third kappa shape index (κ3) is 6.29. The van der Waals surface area contributed by atoms with E-state index in [1.54, 1.807) is 18.0 Å². The van der Waals surface area contributed by atoms with Crippen LogP contribution in [0.1, 0.15) is 66.4 Å². The van der Waals surface area contributed by atoms with Crippen LogP contribution in [0.5, 0.6) is 0 Å². The lowest BCUT2D eigenvalue weighted by Gasteiger charge is -2.21. The van der Waals surface area contributed by atoms with Gasteiger partial charge in [-0.15, -0.1) is 0 Å². The molecule has 5 nitrogen and oxygen atoms in total. The number of benzene rings is 2. The quantitative estimate of drug-likeness (QED) is 0.261. The zero-order chi connectivity index (χ0) is 24.7. The number of fused-ring (bicyclic) bond motifs is 1. The Morgan fingerprint density at radius 1 is 0.944 bits per heavy atom. The largest absolute Gasteiger partial charge is 0.349 e. The third-order valence-corrected chi connectivity index (χ3v) is 8.09. The highest BCUT2D eigenvalue weighted by molar-refractivity contribution is 7.98. The van der Waals surface area contributed by atoms with Crippen molar-refractivity contribution in [3.8, 4) is 0 Å². The zero-order valence-electron chi connectivity index (χ0n) is 20.3. The van der Waals surface area contributed by atoms with Crippen molar-refractivity contribution in [3.63, 3.8) is 0 Å². The molecule has 186 valence electrons. The first kappa shape index (κ1) is 24.8. The Hall–Kier alpha value is -2.83. The number of rotatable bonds is 7. The van der Waals surface area contributed by atoms with Crippen LogP contribution in [0, 0.1) is 0 Å². The van der Waals surface area contributed by atoms with Crippen LogP contribution in [-0.2, 0) is 12.3 Å². The molecule has 0 radical (unpaired) electrons. The number of hydrogen-bond acceptors (Lipinski definition) is 4. The topological polar surface area (TPSA) is 59.8 Å². The first-order chi connectivity index (χ1) is 17.7. The molecule has 1 aliphatic carbocycles. The van der Waals surface area contributed by atoms with Gasteiger partial charge in [0.1, 0.15) is 0 Å². The molecule has 0 atom stereocenters. The van der Waals surface area contributed by atoms with Gasteiger partial charge in [0.2, 0.25) is 0 Å². The summed E-state index contributed by atoms with van der Waals surface area (Å²) in [6.45, 7) is 0.662. The molecular weight excluding hydrogens is 488 g/mol.